The lowest BCUT2D eigenvalue weighted by atomic mass is 10.1. The Bertz CT molecular complexity index is 194. The van der Waals surface area contributed by atoms with Crippen LogP contribution in [0.5, 0.6) is 0 Å². The van der Waals surface area contributed by atoms with Crippen LogP contribution in [0.1, 0.15) is 13.3 Å². The summed E-state index contributed by atoms with van der Waals surface area (Å²) in [6, 6.07) is 0.0347. The van der Waals surface area contributed by atoms with Gasteiger partial charge >= 0.3 is 0 Å². The highest BCUT2D eigenvalue weighted by molar-refractivity contribution is 5.84. The van der Waals surface area contributed by atoms with Gasteiger partial charge in [0, 0.05) is 0 Å². The number of carbonyl (C=O) groups excluding carboxylic acids is 1. The van der Waals surface area contributed by atoms with Gasteiger partial charge in [-0.1, -0.05) is 0 Å². The van der Waals surface area contributed by atoms with Crippen LogP contribution in [0.2, 0.25) is 0 Å². The van der Waals surface area contributed by atoms with Crippen LogP contribution in [0.15, 0.2) is 0 Å². The normalized spacial score (nSPS) is 49.1. The molecule has 2 aliphatic heterocycles. The average molecular weight is 157 g/mol. The Balaban J connectivity index is 2.13. The van der Waals surface area contributed by atoms with E-state index in [0.717, 1.165) is 6.42 Å². The molecule has 0 bridgehead atoms. The molecular weight excluding hydrogens is 146 g/mol. The zero-order valence-electron chi connectivity index (χ0n) is 6.28. The molecule has 0 radical (unpaired) electrons. The van der Waals surface area contributed by atoms with Gasteiger partial charge < -0.3 is 15.2 Å². The summed E-state index contributed by atoms with van der Waals surface area (Å²) in [4.78, 5) is 10.9. The zero-order chi connectivity index (χ0) is 8.01. The molecule has 62 valence electrons. The summed E-state index contributed by atoms with van der Waals surface area (Å²) in [5, 5.41) is 11.9. The molecule has 0 spiro atoms. The number of carbonyl (C=O) groups is 1. The number of amides is 1. The molecule has 4 heteroatoms. The first-order valence-electron chi connectivity index (χ1n) is 3.82. The number of hydrogen-bond donors (Lipinski definition) is 2. The SMILES string of the molecule is CC1CC2NC(=O)C(O)C2O1. The molecule has 2 fully saturated rings. The van der Waals surface area contributed by atoms with Crippen molar-refractivity contribution in [2.75, 3.05) is 0 Å². The third-order valence-electron chi connectivity index (χ3n) is 2.28. The minimum atomic E-state index is -0.954. The van der Waals surface area contributed by atoms with Crippen molar-refractivity contribution < 1.29 is 14.6 Å². The van der Waals surface area contributed by atoms with Gasteiger partial charge in [0.2, 0.25) is 0 Å². The summed E-state index contributed by atoms with van der Waals surface area (Å²) >= 11 is 0. The highest BCUT2D eigenvalue weighted by Crippen LogP contribution is 2.26. The summed E-state index contributed by atoms with van der Waals surface area (Å²) < 4.78 is 5.33. The number of hydrogen-bond acceptors (Lipinski definition) is 3. The number of rotatable bonds is 0. The van der Waals surface area contributed by atoms with E-state index in [2.05, 4.69) is 5.32 Å². The van der Waals surface area contributed by atoms with Gasteiger partial charge in [0.25, 0.3) is 5.91 Å². The third-order valence-corrected chi connectivity index (χ3v) is 2.28. The Morgan fingerprint density at radius 2 is 2.45 bits per heavy atom. The van der Waals surface area contributed by atoms with Crippen molar-refractivity contribution in [2.24, 2.45) is 0 Å². The summed E-state index contributed by atoms with van der Waals surface area (Å²) in [6.07, 6.45) is -0.296. The topological polar surface area (TPSA) is 58.6 Å². The van der Waals surface area contributed by atoms with Crippen molar-refractivity contribution in [3.05, 3.63) is 0 Å². The van der Waals surface area contributed by atoms with Crippen LogP contribution >= 0.6 is 0 Å². The molecule has 2 N–H and O–H groups in total. The monoisotopic (exact) mass is 157 g/mol. The van der Waals surface area contributed by atoms with Gasteiger partial charge in [-0.25, -0.2) is 0 Å². The maximum absolute atomic E-state index is 10.9. The smallest absolute Gasteiger partial charge is 0.251 e. The Morgan fingerprint density at radius 3 is 3.09 bits per heavy atom. The van der Waals surface area contributed by atoms with Crippen molar-refractivity contribution >= 4 is 5.91 Å². The molecule has 2 saturated heterocycles. The van der Waals surface area contributed by atoms with Crippen molar-refractivity contribution in [1.29, 1.82) is 0 Å². The standard InChI is InChI=1S/C7H11NO3/c1-3-2-4-6(11-3)5(9)7(10)8-4/h3-6,9H,2H2,1H3,(H,8,10). The molecule has 2 heterocycles. The van der Waals surface area contributed by atoms with E-state index in [1.165, 1.54) is 0 Å². The molecule has 11 heavy (non-hydrogen) atoms. The maximum Gasteiger partial charge on any atom is 0.251 e. The molecule has 0 aromatic heterocycles. The molecule has 0 aliphatic carbocycles. The number of nitrogens with one attached hydrogen (secondary N) is 1. The van der Waals surface area contributed by atoms with E-state index in [0.29, 0.717) is 0 Å². The zero-order valence-corrected chi connectivity index (χ0v) is 6.28. The lowest BCUT2D eigenvalue weighted by Gasteiger charge is -2.09. The summed E-state index contributed by atoms with van der Waals surface area (Å²) in [6.45, 7) is 1.94. The molecule has 2 rings (SSSR count). The quantitative estimate of drug-likeness (QED) is 0.475. The fourth-order valence-electron chi connectivity index (χ4n) is 1.76. The van der Waals surface area contributed by atoms with Gasteiger partial charge in [-0.3, -0.25) is 4.79 Å². The number of aliphatic hydroxyl groups is 1. The van der Waals surface area contributed by atoms with Crippen LogP contribution in [0.4, 0.5) is 0 Å². The second-order valence-electron chi connectivity index (χ2n) is 3.21. The predicted octanol–water partition coefficient (Wildman–Crippen LogP) is -0.977. The van der Waals surface area contributed by atoms with Gasteiger partial charge in [0.05, 0.1) is 12.1 Å². The molecule has 4 atom stereocenters. The molecule has 0 aromatic carbocycles. The molecule has 0 saturated carbocycles. The number of aliphatic hydroxyl groups excluding tert-OH is 1. The van der Waals surface area contributed by atoms with E-state index < -0.39 is 6.10 Å². The van der Waals surface area contributed by atoms with Crippen LogP contribution in [0.3, 0.4) is 0 Å². The Labute approximate surface area is 64.5 Å². The second kappa shape index (κ2) is 2.19. The number of fused-ring (bicyclic) bond motifs is 1. The van der Waals surface area contributed by atoms with Crippen molar-refractivity contribution in [1.82, 2.24) is 5.32 Å². The first kappa shape index (κ1) is 7.06. The van der Waals surface area contributed by atoms with E-state index in [9.17, 15) is 9.90 Å². The fourth-order valence-corrected chi connectivity index (χ4v) is 1.76. The summed E-state index contributed by atoms with van der Waals surface area (Å²) in [5.74, 6) is -0.299. The maximum atomic E-state index is 10.9. The second-order valence-corrected chi connectivity index (χ2v) is 3.21. The molecule has 1 amide bonds. The van der Waals surface area contributed by atoms with Crippen LogP contribution < -0.4 is 5.32 Å². The van der Waals surface area contributed by atoms with E-state index in [1.54, 1.807) is 0 Å². The van der Waals surface area contributed by atoms with E-state index in [1.807, 2.05) is 6.92 Å². The summed E-state index contributed by atoms with van der Waals surface area (Å²) in [7, 11) is 0. The number of ether oxygens (including phenoxy) is 1. The largest absolute Gasteiger partial charge is 0.380 e. The molecular formula is C7H11NO3. The molecule has 4 unspecified atom stereocenters. The highest BCUT2D eigenvalue weighted by Gasteiger charge is 2.47. The Hall–Kier alpha value is -0.610. The van der Waals surface area contributed by atoms with Gasteiger partial charge in [-0.05, 0) is 13.3 Å². The van der Waals surface area contributed by atoms with E-state index in [-0.39, 0.29) is 24.2 Å². The fraction of sp³-hybridized carbons (Fsp3) is 0.857. The van der Waals surface area contributed by atoms with E-state index in [4.69, 9.17) is 4.74 Å². The Kier molecular flexibility index (Phi) is 1.40. The van der Waals surface area contributed by atoms with Crippen LogP contribution in [-0.4, -0.2) is 35.4 Å². The van der Waals surface area contributed by atoms with Crippen LogP contribution in [-0.2, 0) is 9.53 Å². The highest BCUT2D eigenvalue weighted by atomic mass is 16.5. The first-order valence-corrected chi connectivity index (χ1v) is 3.82. The van der Waals surface area contributed by atoms with Crippen LogP contribution in [0, 0.1) is 0 Å². The van der Waals surface area contributed by atoms with Crippen LogP contribution in [0.25, 0.3) is 0 Å². The first-order chi connectivity index (χ1) is 5.18. The lowest BCUT2D eigenvalue weighted by molar-refractivity contribution is -0.130. The van der Waals surface area contributed by atoms with Crippen molar-refractivity contribution in [3.8, 4) is 0 Å². The Morgan fingerprint density at radius 1 is 1.73 bits per heavy atom. The lowest BCUT2D eigenvalue weighted by Crippen LogP contribution is -2.29. The van der Waals surface area contributed by atoms with Crippen molar-refractivity contribution in [3.63, 3.8) is 0 Å². The average Bonchev–Trinajstić information content (AvgIpc) is 2.37. The molecule has 4 nitrogen and oxygen atoms in total. The minimum Gasteiger partial charge on any atom is -0.380 e. The van der Waals surface area contributed by atoms with E-state index >= 15 is 0 Å². The summed E-state index contributed by atoms with van der Waals surface area (Å²) in [5.41, 5.74) is 0. The van der Waals surface area contributed by atoms with Gasteiger partial charge in [-0.15, -0.1) is 0 Å². The molecule has 2 aliphatic rings. The van der Waals surface area contributed by atoms with Gasteiger partial charge in [0.15, 0.2) is 6.10 Å². The van der Waals surface area contributed by atoms with Gasteiger partial charge in [0.1, 0.15) is 6.10 Å². The predicted molar refractivity (Wildman–Crippen MR) is 36.9 cm³/mol. The minimum absolute atomic E-state index is 0.0347. The molecule has 0 aromatic rings. The third kappa shape index (κ3) is 0.937. The van der Waals surface area contributed by atoms with Crippen molar-refractivity contribution in [2.45, 2.75) is 37.7 Å². The van der Waals surface area contributed by atoms with Gasteiger partial charge in [-0.2, -0.15) is 0 Å².